The Morgan fingerprint density at radius 2 is 2.31 bits per heavy atom. The second kappa shape index (κ2) is 5.72. The summed E-state index contributed by atoms with van der Waals surface area (Å²) in [7, 11) is 0. The second-order valence-corrected chi connectivity index (χ2v) is 4.21. The molecule has 0 saturated carbocycles. The van der Waals surface area contributed by atoms with Crippen LogP contribution in [0.3, 0.4) is 0 Å². The van der Waals surface area contributed by atoms with Crippen LogP contribution in [-0.2, 0) is 6.54 Å². The molecule has 0 atom stereocenters. The third-order valence-electron chi connectivity index (χ3n) is 3.16. The fourth-order valence-corrected chi connectivity index (χ4v) is 2.28. The number of piperidine rings is 1. The van der Waals surface area contributed by atoms with Gasteiger partial charge in [0.15, 0.2) is 0 Å². The van der Waals surface area contributed by atoms with Crippen molar-refractivity contribution < 1.29 is 0 Å². The monoisotopic (exact) mass is 217 g/mol. The van der Waals surface area contributed by atoms with Crippen LogP contribution in [-0.4, -0.2) is 22.6 Å². The minimum Gasteiger partial charge on any atom is -0.333 e. The third kappa shape index (κ3) is 2.65. The fraction of sp³-hybridized carbons (Fsp3) is 0.615. The Labute approximate surface area is 97.3 Å². The van der Waals surface area contributed by atoms with E-state index in [1.54, 1.807) is 0 Å². The molecule has 86 valence electrons. The summed E-state index contributed by atoms with van der Waals surface area (Å²) in [6.07, 6.45) is 7.34. The number of rotatable bonds is 3. The van der Waals surface area contributed by atoms with E-state index in [4.69, 9.17) is 0 Å². The standard InChI is InChI=1S/C13H19N3/c1-2-3-4-9-16-11-15-10-13(16)12-5-7-14-8-6-12/h10-12,14H,4-9H2,1H3. The number of nitrogens with zero attached hydrogens (tertiary/aromatic N) is 2. The van der Waals surface area contributed by atoms with E-state index in [2.05, 4.69) is 26.7 Å². The fourth-order valence-electron chi connectivity index (χ4n) is 2.28. The Bertz CT molecular complexity index is 377. The van der Waals surface area contributed by atoms with Crippen LogP contribution in [0.4, 0.5) is 0 Å². The van der Waals surface area contributed by atoms with Crippen molar-refractivity contribution in [2.45, 2.75) is 38.6 Å². The Morgan fingerprint density at radius 1 is 1.50 bits per heavy atom. The zero-order chi connectivity index (χ0) is 11.2. The molecule has 0 radical (unpaired) electrons. The molecule has 2 rings (SSSR count). The Morgan fingerprint density at radius 3 is 3.06 bits per heavy atom. The molecule has 3 heteroatoms. The van der Waals surface area contributed by atoms with Crippen LogP contribution in [0.15, 0.2) is 12.5 Å². The quantitative estimate of drug-likeness (QED) is 0.782. The summed E-state index contributed by atoms with van der Waals surface area (Å²) in [5.41, 5.74) is 1.39. The molecule has 0 bridgehead atoms. The van der Waals surface area contributed by atoms with E-state index in [0.29, 0.717) is 5.92 Å². The minimum absolute atomic E-state index is 0.679. The SMILES string of the molecule is CC#CCCn1cncc1C1CCNCC1. The topological polar surface area (TPSA) is 29.9 Å². The lowest BCUT2D eigenvalue weighted by Gasteiger charge is -2.23. The van der Waals surface area contributed by atoms with E-state index < -0.39 is 0 Å². The number of aryl methyl sites for hydroxylation is 1. The van der Waals surface area contributed by atoms with Crippen LogP contribution < -0.4 is 5.32 Å². The van der Waals surface area contributed by atoms with Gasteiger partial charge in [0.2, 0.25) is 0 Å². The molecule has 1 fully saturated rings. The highest BCUT2D eigenvalue weighted by atomic mass is 15.0. The van der Waals surface area contributed by atoms with Crippen LogP contribution >= 0.6 is 0 Å². The first kappa shape index (κ1) is 11.2. The molecule has 0 unspecified atom stereocenters. The molecule has 0 aliphatic carbocycles. The molecule has 0 amide bonds. The molecule has 1 aromatic heterocycles. The zero-order valence-corrected chi connectivity index (χ0v) is 9.87. The first-order chi connectivity index (χ1) is 7.92. The summed E-state index contributed by atoms with van der Waals surface area (Å²) < 4.78 is 2.26. The number of hydrogen-bond donors (Lipinski definition) is 1. The number of aromatic nitrogens is 2. The van der Waals surface area contributed by atoms with Gasteiger partial charge in [-0.3, -0.25) is 0 Å². The van der Waals surface area contributed by atoms with Crippen molar-refractivity contribution in [2.75, 3.05) is 13.1 Å². The highest BCUT2D eigenvalue weighted by Gasteiger charge is 2.18. The van der Waals surface area contributed by atoms with Gasteiger partial charge in [0.25, 0.3) is 0 Å². The smallest absolute Gasteiger partial charge is 0.0948 e. The number of hydrogen-bond acceptors (Lipinski definition) is 2. The van der Waals surface area contributed by atoms with Gasteiger partial charge >= 0.3 is 0 Å². The molecule has 1 aromatic rings. The molecule has 16 heavy (non-hydrogen) atoms. The van der Waals surface area contributed by atoms with E-state index in [1.165, 1.54) is 18.5 Å². The van der Waals surface area contributed by atoms with Gasteiger partial charge < -0.3 is 9.88 Å². The Hall–Kier alpha value is -1.27. The number of nitrogens with one attached hydrogen (secondary N) is 1. The van der Waals surface area contributed by atoms with Crippen LogP contribution in [0.5, 0.6) is 0 Å². The molecule has 1 aliphatic heterocycles. The lowest BCUT2D eigenvalue weighted by molar-refractivity contribution is 0.439. The molecule has 1 saturated heterocycles. The van der Waals surface area contributed by atoms with Gasteiger partial charge in [-0.1, -0.05) is 0 Å². The van der Waals surface area contributed by atoms with Crippen molar-refractivity contribution in [2.24, 2.45) is 0 Å². The van der Waals surface area contributed by atoms with Crippen molar-refractivity contribution in [1.82, 2.24) is 14.9 Å². The minimum atomic E-state index is 0.679. The lowest BCUT2D eigenvalue weighted by atomic mass is 9.95. The van der Waals surface area contributed by atoms with Gasteiger partial charge in [0.05, 0.1) is 6.33 Å². The van der Waals surface area contributed by atoms with Gasteiger partial charge in [-0.15, -0.1) is 11.8 Å². The molecular formula is C13H19N3. The normalized spacial score (nSPS) is 16.8. The lowest BCUT2D eigenvalue weighted by Crippen LogP contribution is -2.27. The predicted molar refractivity (Wildman–Crippen MR) is 65.1 cm³/mol. The zero-order valence-electron chi connectivity index (χ0n) is 9.87. The van der Waals surface area contributed by atoms with Crippen LogP contribution in [0, 0.1) is 11.8 Å². The molecule has 0 aromatic carbocycles. The number of imidazole rings is 1. The van der Waals surface area contributed by atoms with Crippen molar-refractivity contribution in [3.8, 4) is 11.8 Å². The summed E-state index contributed by atoms with van der Waals surface area (Å²) in [6.45, 7) is 5.12. The van der Waals surface area contributed by atoms with Crippen LogP contribution in [0.2, 0.25) is 0 Å². The summed E-state index contributed by atoms with van der Waals surface area (Å²) in [6, 6.07) is 0. The van der Waals surface area contributed by atoms with E-state index in [1.807, 2.05) is 19.4 Å². The largest absolute Gasteiger partial charge is 0.333 e. The molecule has 2 heterocycles. The van der Waals surface area contributed by atoms with E-state index in [9.17, 15) is 0 Å². The van der Waals surface area contributed by atoms with Gasteiger partial charge in [0, 0.05) is 30.8 Å². The first-order valence-corrected chi connectivity index (χ1v) is 6.02. The van der Waals surface area contributed by atoms with Gasteiger partial charge in [-0.25, -0.2) is 4.98 Å². The third-order valence-corrected chi connectivity index (χ3v) is 3.16. The van der Waals surface area contributed by atoms with Crippen molar-refractivity contribution in [3.63, 3.8) is 0 Å². The molecule has 1 aliphatic rings. The average molecular weight is 217 g/mol. The second-order valence-electron chi connectivity index (χ2n) is 4.21. The van der Waals surface area contributed by atoms with Crippen LogP contribution in [0.1, 0.15) is 37.8 Å². The molecule has 1 N–H and O–H groups in total. The Kier molecular flexibility index (Phi) is 4.01. The first-order valence-electron chi connectivity index (χ1n) is 6.02. The van der Waals surface area contributed by atoms with Crippen molar-refractivity contribution in [3.05, 3.63) is 18.2 Å². The highest BCUT2D eigenvalue weighted by Crippen LogP contribution is 2.24. The summed E-state index contributed by atoms with van der Waals surface area (Å²) in [5, 5.41) is 3.40. The van der Waals surface area contributed by atoms with E-state index in [0.717, 1.165) is 26.1 Å². The van der Waals surface area contributed by atoms with Crippen molar-refractivity contribution >= 4 is 0 Å². The molecule has 0 spiro atoms. The van der Waals surface area contributed by atoms with Gasteiger partial charge in [-0.05, 0) is 32.9 Å². The predicted octanol–water partition coefficient (Wildman–Crippen LogP) is 1.76. The maximum absolute atomic E-state index is 4.27. The summed E-state index contributed by atoms with van der Waals surface area (Å²) in [4.78, 5) is 4.27. The Balaban J connectivity index is 2.01. The molecular weight excluding hydrogens is 198 g/mol. The summed E-state index contributed by atoms with van der Waals surface area (Å²) >= 11 is 0. The van der Waals surface area contributed by atoms with E-state index in [-0.39, 0.29) is 0 Å². The van der Waals surface area contributed by atoms with Crippen molar-refractivity contribution in [1.29, 1.82) is 0 Å². The van der Waals surface area contributed by atoms with Gasteiger partial charge in [-0.2, -0.15) is 0 Å². The van der Waals surface area contributed by atoms with E-state index >= 15 is 0 Å². The maximum atomic E-state index is 4.27. The average Bonchev–Trinajstić information content (AvgIpc) is 2.79. The maximum Gasteiger partial charge on any atom is 0.0948 e. The van der Waals surface area contributed by atoms with Crippen LogP contribution in [0.25, 0.3) is 0 Å². The van der Waals surface area contributed by atoms with Gasteiger partial charge in [0.1, 0.15) is 0 Å². The highest BCUT2D eigenvalue weighted by molar-refractivity contribution is 5.08. The molecule has 3 nitrogen and oxygen atoms in total. The summed E-state index contributed by atoms with van der Waals surface area (Å²) in [5.74, 6) is 6.72.